The Labute approximate surface area is 238 Å². The number of hydrogen-bond acceptors (Lipinski definition) is 3. The topological polar surface area (TPSA) is 26.3 Å². The van der Waals surface area contributed by atoms with Crippen LogP contribution in [0.2, 0.25) is 0 Å². The summed E-state index contributed by atoms with van der Waals surface area (Å²) in [5.74, 6) is 2.04. The van der Waals surface area contributed by atoms with Gasteiger partial charge in [-0.2, -0.15) is 0 Å². The van der Waals surface area contributed by atoms with E-state index in [0.29, 0.717) is 0 Å². The predicted octanol–water partition coefficient (Wildman–Crippen LogP) is 11.3. The van der Waals surface area contributed by atoms with E-state index in [9.17, 15) is 4.79 Å². The Balaban J connectivity index is 1.48. The van der Waals surface area contributed by atoms with Gasteiger partial charge in [-0.15, -0.1) is 11.8 Å². The largest absolute Gasteiger partial charge is 0.494 e. The molecule has 0 aliphatic heterocycles. The first-order valence-corrected chi connectivity index (χ1v) is 16.4. The number of allylic oxidation sites excluding steroid dienone is 1. The average Bonchev–Trinajstić information content (AvgIpc) is 2.95. The second-order valence-corrected chi connectivity index (χ2v) is 11.6. The van der Waals surface area contributed by atoms with Crippen molar-refractivity contribution >= 4 is 23.6 Å². The molecule has 0 heterocycles. The number of thioether (sulfide) groups is 1. The number of unbranched alkanes of at least 4 members (excludes halogenated alkanes) is 14. The summed E-state index contributed by atoms with van der Waals surface area (Å²) in [6, 6.07) is 15.9. The van der Waals surface area contributed by atoms with Crippen molar-refractivity contribution < 1.29 is 9.53 Å². The molecule has 0 aliphatic rings. The van der Waals surface area contributed by atoms with Crippen molar-refractivity contribution in [2.45, 2.75) is 121 Å². The van der Waals surface area contributed by atoms with Crippen LogP contribution in [-0.4, -0.2) is 18.1 Å². The fourth-order valence-corrected chi connectivity index (χ4v) is 5.31. The zero-order valence-corrected chi connectivity index (χ0v) is 25.0. The van der Waals surface area contributed by atoms with Gasteiger partial charge in [0.05, 0.1) is 6.61 Å². The summed E-state index contributed by atoms with van der Waals surface area (Å²) in [5, 5.41) is 0. The Kier molecular flexibility index (Phi) is 18.5. The third-order valence-electron chi connectivity index (χ3n) is 6.94. The maximum atomic E-state index is 12.5. The van der Waals surface area contributed by atoms with Gasteiger partial charge in [-0.3, -0.25) is 4.79 Å². The summed E-state index contributed by atoms with van der Waals surface area (Å²) >= 11 is 1.83. The Morgan fingerprint density at radius 3 is 1.71 bits per heavy atom. The number of ketones is 1. The number of ether oxygens (including phenoxy) is 1. The quantitative estimate of drug-likeness (QED) is 0.0611. The van der Waals surface area contributed by atoms with Crippen molar-refractivity contribution in [3.05, 3.63) is 65.7 Å². The molecule has 0 saturated heterocycles. The van der Waals surface area contributed by atoms with Crippen LogP contribution in [0.15, 0.2) is 59.5 Å². The maximum Gasteiger partial charge on any atom is 0.185 e. The molecule has 0 aromatic heterocycles. The first-order chi connectivity index (χ1) is 18.7. The van der Waals surface area contributed by atoms with E-state index < -0.39 is 0 Å². The third kappa shape index (κ3) is 15.4. The standard InChI is InChI=1S/C35H52O2S/c1-3-5-6-7-8-9-10-11-12-13-14-15-16-17-18-29-37-33-24-19-31(20-25-33)21-28-35(36)32-22-26-34(27-23-32)38-30-4-2/h19-28H,3-18,29-30H2,1-2H3/b28-21+. The molecule has 2 rings (SSSR count). The lowest BCUT2D eigenvalue weighted by Gasteiger charge is -2.07. The molecule has 38 heavy (non-hydrogen) atoms. The monoisotopic (exact) mass is 536 g/mol. The minimum absolute atomic E-state index is 0.0329. The molecule has 3 heteroatoms. The van der Waals surface area contributed by atoms with Crippen molar-refractivity contribution in [1.29, 1.82) is 0 Å². The molecule has 0 aliphatic carbocycles. The molecular weight excluding hydrogens is 484 g/mol. The number of benzene rings is 2. The molecule has 0 N–H and O–H groups in total. The van der Waals surface area contributed by atoms with Crippen LogP contribution in [0.25, 0.3) is 6.08 Å². The predicted molar refractivity (Wildman–Crippen MR) is 168 cm³/mol. The van der Waals surface area contributed by atoms with Crippen LogP contribution in [-0.2, 0) is 0 Å². The SMILES string of the molecule is CCCCCCCCCCCCCCCCCOc1ccc(/C=C/C(=O)c2ccc(SCCC)cc2)cc1. The fraction of sp³-hybridized carbons (Fsp3) is 0.571. The Morgan fingerprint density at radius 2 is 1.18 bits per heavy atom. The van der Waals surface area contributed by atoms with E-state index in [2.05, 4.69) is 13.8 Å². The van der Waals surface area contributed by atoms with Gasteiger partial charge in [0.15, 0.2) is 5.78 Å². The molecular formula is C35H52O2S. The molecule has 0 atom stereocenters. The van der Waals surface area contributed by atoms with Gasteiger partial charge >= 0.3 is 0 Å². The highest BCUT2D eigenvalue weighted by molar-refractivity contribution is 7.99. The molecule has 210 valence electrons. The van der Waals surface area contributed by atoms with E-state index >= 15 is 0 Å². The molecule has 0 spiro atoms. The third-order valence-corrected chi connectivity index (χ3v) is 8.15. The van der Waals surface area contributed by atoms with Crippen molar-refractivity contribution in [1.82, 2.24) is 0 Å². The van der Waals surface area contributed by atoms with Gasteiger partial charge in [-0.1, -0.05) is 122 Å². The number of rotatable bonds is 23. The lowest BCUT2D eigenvalue weighted by molar-refractivity contribution is 0.104. The fourth-order valence-electron chi connectivity index (χ4n) is 4.54. The first-order valence-electron chi connectivity index (χ1n) is 15.4. The highest BCUT2D eigenvalue weighted by atomic mass is 32.2. The smallest absolute Gasteiger partial charge is 0.185 e. The van der Waals surface area contributed by atoms with Crippen LogP contribution in [0, 0.1) is 0 Å². The van der Waals surface area contributed by atoms with Crippen LogP contribution in [0.3, 0.4) is 0 Å². The highest BCUT2D eigenvalue weighted by Crippen LogP contribution is 2.20. The molecule has 2 aromatic carbocycles. The summed E-state index contributed by atoms with van der Waals surface area (Å²) < 4.78 is 5.92. The molecule has 0 unspecified atom stereocenters. The van der Waals surface area contributed by atoms with Crippen molar-refractivity contribution in [2.24, 2.45) is 0 Å². The molecule has 2 aromatic rings. The van der Waals surface area contributed by atoms with E-state index in [1.165, 1.54) is 94.8 Å². The van der Waals surface area contributed by atoms with Gasteiger partial charge in [0.2, 0.25) is 0 Å². The maximum absolute atomic E-state index is 12.5. The van der Waals surface area contributed by atoms with Crippen LogP contribution < -0.4 is 4.74 Å². The molecule has 0 saturated carbocycles. The molecule has 0 radical (unpaired) electrons. The summed E-state index contributed by atoms with van der Waals surface area (Å²) in [6.45, 7) is 5.24. The van der Waals surface area contributed by atoms with Crippen LogP contribution in [0.1, 0.15) is 133 Å². The minimum atomic E-state index is 0.0329. The molecule has 0 fully saturated rings. The van der Waals surface area contributed by atoms with E-state index in [1.54, 1.807) is 6.08 Å². The summed E-state index contributed by atoms with van der Waals surface area (Å²) in [7, 11) is 0. The van der Waals surface area contributed by atoms with E-state index in [-0.39, 0.29) is 5.78 Å². The first kappa shape index (κ1) is 32.2. The normalized spacial score (nSPS) is 11.3. The van der Waals surface area contributed by atoms with Gasteiger partial charge in [-0.05, 0) is 66.6 Å². The van der Waals surface area contributed by atoms with E-state index in [4.69, 9.17) is 4.74 Å². The Morgan fingerprint density at radius 1 is 0.658 bits per heavy atom. The molecule has 0 amide bonds. The van der Waals surface area contributed by atoms with E-state index in [0.717, 1.165) is 42.1 Å². The lowest BCUT2D eigenvalue weighted by Crippen LogP contribution is -1.97. The second kappa shape index (κ2) is 21.9. The average molecular weight is 537 g/mol. The number of carbonyl (C=O) groups is 1. The number of carbonyl (C=O) groups excluding carboxylic acids is 1. The molecule has 0 bridgehead atoms. The van der Waals surface area contributed by atoms with Gasteiger partial charge in [0, 0.05) is 10.5 Å². The van der Waals surface area contributed by atoms with Crippen molar-refractivity contribution in [3.63, 3.8) is 0 Å². The van der Waals surface area contributed by atoms with Crippen LogP contribution in [0.5, 0.6) is 5.75 Å². The van der Waals surface area contributed by atoms with Crippen LogP contribution in [0.4, 0.5) is 0 Å². The van der Waals surface area contributed by atoms with Crippen LogP contribution >= 0.6 is 11.8 Å². The second-order valence-electron chi connectivity index (χ2n) is 10.4. The van der Waals surface area contributed by atoms with E-state index in [1.807, 2.05) is 66.4 Å². The number of hydrogen-bond donors (Lipinski definition) is 0. The summed E-state index contributed by atoms with van der Waals surface area (Å²) in [6.07, 6.45) is 25.3. The van der Waals surface area contributed by atoms with Gasteiger partial charge in [0.25, 0.3) is 0 Å². The molecule has 2 nitrogen and oxygen atoms in total. The minimum Gasteiger partial charge on any atom is -0.494 e. The van der Waals surface area contributed by atoms with Gasteiger partial charge in [0.1, 0.15) is 5.75 Å². The summed E-state index contributed by atoms with van der Waals surface area (Å²) in [5.41, 5.74) is 1.73. The summed E-state index contributed by atoms with van der Waals surface area (Å²) in [4.78, 5) is 13.7. The Bertz CT molecular complexity index is 870. The van der Waals surface area contributed by atoms with Gasteiger partial charge in [-0.25, -0.2) is 0 Å². The van der Waals surface area contributed by atoms with Crippen molar-refractivity contribution in [2.75, 3.05) is 12.4 Å². The zero-order valence-electron chi connectivity index (χ0n) is 24.2. The zero-order chi connectivity index (χ0) is 27.1. The Hall–Kier alpha value is -2.00. The van der Waals surface area contributed by atoms with Gasteiger partial charge < -0.3 is 4.74 Å². The lowest BCUT2D eigenvalue weighted by atomic mass is 10.0. The highest BCUT2D eigenvalue weighted by Gasteiger charge is 2.02. The van der Waals surface area contributed by atoms with Crippen molar-refractivity contribution in [3.8, 4) is 5.75 Å².